The van der Waals surface area contributed by atoms with E-state index < -0.39 is 0 Å². The first-order valence-electron chi connectivity index (χ1n) is 7.42. The van der Waals surface area contributed by atoms with Gasteiger partial charge in [0, 0.05) is 25.0 Å². The van der Waals surface area contributed by atoms with Crippen LogP contribution in [0.25, 0.3) is 0 Å². The van der Waals surface area contributed by atoms with Crippen molar-refractivity contribution in [1.82, 2.24) is 4.90 Å². The molecule has 0 radical (unpaired) electrons. The van der Waals surface area contributed by atoms with E-state index in [1.165, 1.54) is 16.7 Å². The molecule has 3 heteroatoms. The molecule has 2 aromatic rings. The first kappa shape index (κ1) is 14.6. The molecule has 0 atom stereocenters. The lowest BCUT2D eigenvalue weighted by Crippen LogP contribution is -2.30. The van der Waals surface area contributed by atoms with Crippen LogP contribution in [0.5, 0.6) is 5.75 Å². The Morgan fingerprint density at radius 3 is 2.71 bits per heavy atom. The van der Waals surface area contributed by atoms with Crippen LogP contribution in [0.2, 0.25) is 0 Å². The normalized spacial score (nSPS) is 14.7. The number of rotatable bonds is 5. The molecule has 3 rings (SSSR count). The number of benzene rings is 2. The maximum absolute atomic E-state index is 5.68. The first-order chi connectivity index (χ1) is 10.3. The molecule has 2 nitrogen and oxygen atoms in total. The SMILES string of the molecule is BrCCOc1ccc2c(c1)CCN(Cc1ccccc1)C2. The maximum Gasteiger partial charge on any atom is 0.119 e. The predicted molar refractivity (Wildman–Crippen MR) is 90.0 cm³/mol. The van der Waals surface area contributed by atoms with E-state index in [9.17, 15) is 0 Å². The number of fused-ring (bicyclic) bond motifs is 1. The molecule has 21 heavy (non-hydrogen) atoms. The van der Waals surface area contributed by atoms with Gasteiger partial charge in [-0.2, -0.15) is 0 Å². The second kappa shape index (κ2) is 7.10. The van der Waals surface area contributed by atoms with Crippen LogP contribution in [-0.2, 0) is 19.5 Å². The number of nitrogens with zero attached hydrogens (tertiary/aromatic N) is 1. The first-order valence-corrected chi connectivity index (χ1v) is 8.54. The monoisotopic (exact) mass is 345 g/mol. The summed E-state index contributed by atoms with van der Waals surface area (Å²) in [5.41, 5.74) is 4.26. The molecule has 110 valence electrons. The lowest BCUT2D eigenvalue weighted by Gasteiger charge is -2.29. The van der Waals surface area contributed by atoms with Crippen molar-refractivity contribution in [2.45, 2.75) is 19.5 Å². The Kier molecular flexibility index (Phi) is 4.94. The highest BCUT2D eigenvalue weighted by Crippen LogP contribution is 2.24. The van der Waals surface area contributed by atoms with Crippen LogP contribution >= 0.6 is 15.9 Å². The summed E-state index contributed by atoms with van der Waals surface area (Å²) in [4.78, 5) is 2.51. The quantitative estimate of drug-likeness (QED) is 0.759. The Morgan fingerprint density at radius 1 is 1.05 bits per heavy atom. The van der Waals surface area contributed by atoms with E-state index in [-0.39, 0.29) is 0 Å². The lowest BCUT2D eigenvalue weighted by atomic mass is 9.99. The Labute approximate surface area is 134 Å². The minimum atomic E-state index is 0.721. The van der Waals surface area contributed by atoms with E-state index in [1.54, 1.807) is 0 Å². The number of halogens is 1. The molecule has 0 spiro atoms. The van der Waals surface area contributed by atoms with E-state index in [4.69, 9.17) is 4.74 Å². The summed E-state index contributed by atoms with van der Waals surface area (Å²) < 4.78 is 5.68. The van der Waals surface area contributed by atoms with Gasteiger partial charge >= 0.3 is 0 Å². The summed E-state index contributed by atoms with van der Waals surface area (Å²) >= 11 is 3.39. The number of hydrogen-bond donors (Lipinski definition) is 0. The predicted octanol–water partition coefficient (Wildman–Crippen LogP) is 4.02. The van der Waals surface area contributed by atoms with Crippen LogP contribution in [0, 0.1) is 0 Å². The van der Waals surface area contributed by atoms with E-state index in [2.05, 4.69) is 69.4 Å². The van der Waals surface area contributed by atoms with Crippen molar-refractivity contribution in [3.63, 3.8) is 0 Å². The van der Waals surface area contributed by atoms with Crippen LogP contribution in [-0.4, -0.2) is 23.4 Å². The highest BCUT2D eigenvalue weighted by molar-refractivity contribution is 9.09. The van der Waals surface area contributed by atoms with Crippen LogP contribution in [0.4, 0.5) is 0 Å². The lowest BCUT2D eigenvalue weighted by molar-refractivity contribution is 0.245. The van der Waals surface area contributed by atoms with Crippen molar-refractivity contribution in [3.05, 3.63) is 65.2 Å². The molecule has 1 aliphatic heterocycles. The van der Waals surface area contributed by atoms with Gasteiger partial charge in [0.05, 0.1) is 6.61 Å². The Morgan fingerprint density at radius 2 is 1.90 bits per heavy atom. The van der Waals surface area contributed by atoms with Gasteiger partial charge in [-0.3, -0.25) is 4.90 Å². The molecular weight excluding hydrogens is 326 g/mol. The van der Waals surface area contributed by atoms with Crippen molar-refractivity contribution in [2.24, 2.45) is 0 Å². The average molecular weight is 346 g/mol. The Balaban J connectivity index is 1.65. The molecular formula is C18H20BrNO. The van der Waals surface area contributed by atoms with Crippen LogP contribution in [0.3, 0.4) is 0 Å². The van der Waals surface area contributed by atoms with Crippen molar-refractivity contribution in [3.8, 4) is 5.75 Å². The van der Waals surface area contributed by atoms with E-state index >= 15 is 0 Å². The van der Waals surface area contributed by atoms with Gasteiger partial charge in [0.1, 0.15) is 5.75 Å². The standard InChI is InChI=1S/C18H20BrNO/c19-9-11-21-18-7-6-17-14-20(10-8-16(17)12-18)13-15-4-2-1-3-5-15/h1-7,12H,8-11,13-14H2. The summed E-state index contributed by atoms with van der Waals surface area (Å²) in [6, 6.07) is 17.2. The number of hydrogen-bond acceptors (Lipinski definition) is 2. The molecule has 0 bridgehead atoms. The average Bonchev–Trinajstić information content (AvgIpc) is 2.54. The summed E-state index contributed by atoms with van der Waals surface area (Å²) in [5.74, 6) is 0.990. The minimum Gasteiger partial charge on any atom is -0.493 e. The third kappa shape index (κ3) is 3.86. The van der Waals surface area contributed by atoms with Gasteiger partial charge < -0.3 is 4.74 Å². The highest BCUT2D eigenvalue weighted by atomic mass is 79.9. The topological polar surface area (TPSA) is 12.5 Å². The fourth-order valence-electron chi connectivity index (χ4n) is 2.81. The molecule has 0 aliphatic carbocycles. The van der Waals surface area contributed by atoms with Gasteiger partial charge in [-0.1, -0.05) is 52.3 Å². The third-order valence-corrected chi connectivity index (χ3v) is 4.19. The van der Waals surface area contributed by atoms with Crippen molar-refractivity contribution < 1.29 is 4.74 Å². The van der Waals surface area contributed by atoms with Crippen LogP contribution < -0.4 is 4.74 Å². The largest absolute Gasteiger partial charge is 0.493 e. The Bertz CT molecular complexity index is 585. The van der Waals surface area contributed by atoms with Gasteiger partial charge in [-0.05, 0) is 35.2 Å². The molecule has 0 saturated heterocycles. The number of alkyl halides is 1. The van der Waals surface area contributed by atoms with Gasteiger partial charge in [0.2, 0.25) is 0 Å². The molecule has 0 fully saturated rings. The summed E-state index contributed by atoms with van der Waals surface area (Å²) in [6.07, 6.45) is 1.10. The second-order valence-corrected chi connectivity index (χ2v) is 6.21. The summed E-state index contributed by atoms with van der Waals surface area (Å²) in [5, 5.41) is 0.870. The van der Waals surface area contributed by atoms with E-state index in [0.29, 0.717) is 0 Å². The smallest absolute Gasteiger partial charge is 0.119 e. The summed E-state index contributed by atoms with van der Waals surface area (Å²) in [7, 11) is 0. The third-order valence-electron chi connectivity index (χ3n) is 3.86. The highest BCUT2D eigenvalue weighted by Gasteiger charge is 2.16. The molecule has 1 aliphatic rings. The van der Waals surface area contributed by atoms with Gasteiger partial charge in [0.15, 0.2) is 0 Å². The van der Waals surface area contributed by atoms with Gasteiger partial charge in [-0.25, -0.2) is 0 Å². The maximum atomic E-state index is 5.68. The Hall–Kier alpha value is -1.32. The van der Waals surface area contributed by atoms with E-state index in [1.807, 2.05) is 0 Å². The zero-order valence-corrected chi connectivity index (χ0v) is 13.7. The zero-order chi connectivity index (χ0) is 14.5. The van der Waals surface area contributed by atoms with Crippen molar-refractivity contribution in [2.75, 3.05) is 18.5 Å². The molecule has 2 aromatic carbocycles. The van der Waals surface area contributed by atoms with E-state index in [0.717, 1.165) is 43.7 Å². The fourth-order valence-corrected chi connectivity index (χ4v) is 2.97. The molecule has 0 amide bonds. The van der Waals surface area contributed by atoms with Crippen molar-refractivity contribution in [1.29, 1.82) is 0 Å². The minimum absolute atomic E-state index is 0.721. The summed E-state index contributed by atoms with van der Waals surface area (Å²) in [6.45, 7) is 3.90. The van der Waals surface area contributed by atoms with Crippen molar-refractivity contribution >= 4 is 15.9 Å². The molecule has 0 aromatic heterocycles. The van der Waals surface area contributed by atoms with Gasteiger partial charge in [-0.15, -0.1) is 0 Å². The number of ether oxygens (including phenoxy) is 1. The zero-order valence-electron chi connectivity index (χ0n) is 12.1. The molecule has 0 unspecified atom stereocenters. The van der Waals surface area contributed by atoms with Crippen LogP contribution in [0.1, 0.15) is 16.7 Å². The molecule has 1 heterocycles. The fraction of sp³-hybridized carbons (Fsp3) is 0.333. The van der Waals surface area contributed by atoms with Gasteiger partial charge in [0.25, 0.3) is 0 Å². The second-order valence-electron chi connectivity index (χ2n) is 5.41. The molecule has 0 N–H and O–H groups in total. The van der Waals surface area contributed by atoms with Crippen LogP contribution in [0.15, 0.2) is 48.5 Å². The molecule has 0 saturated carbocycles.